The summed E-state index contributed by atoms with van der Waals surface area (Å²) in [5.74, 6) is 0.218. The van der Waals surface area contributed by atoms with Crippen molar-refractivity contribution in [3.05, 3.63) is 45.1 Å². The van der Waals surface area contributed by atoms with Crippen molar-refractivity contribution in [3.8, 4) is 0 Å². The number of thioether (sulfide) groups is 1. The van der Waals surface area contributed by atoms with Gasteiger partial charge in [0.25, 0.3) is 10.9 Å². The van der Waals surface area contributed by atoms with Gasteiger partial charge in [-0.3, -0.25) is 10.1 Å². The topological polar surface area (TPSA) is 76.8 Å². The molecule has 0 amide bonds. The summed E-state index contributed by atoms with van der Waals surface area (Å²) in [6.07, 6.45) is 1.87. The summed E-state index contributed by atoms with van der Waals surface area (Å²) in [6.45, 7) is 7.25. The van der Waals surface area contributed by atoms with Gasteiger partial charge in [-0.15, -0.1) is 0 Å². The van der Waals surface area contributed by atoms with Crippen molar-refractivity contribution >= 4 is 41.2 Å². The maximum Gasteiger partial charge on any atom is 0.270 e. The summed E-state index contributed by atoms with van der Waals surface area (Å²) >= 11 is 6.59. The molecule has 0 saturated carbocycles. The maximum absolute atomic E-state index is 11.1. The van der Waals surface area contributed by atoms with Crippen LogP contribution in [-0.4, -0.2) is 41.2 Å². The molecule has 1 unspecified atom stereocenters. The van der Waals surface area contributed by atoms with Crippen LogP contribution < -0.4 is 5.32 Å². The van der Waals surface area contributed by atoms with Crippen LogP contribution in [0.2, 0.25) is 0 Å². The quantitative estimate of drug-likeness (QED) is 0.327. The monoisotopic (exact) mass is 395 g/mol. The molecule has 0 bridgehead atoms. The number of benzene rings is 1. The van der Waals surface area contributed by atoms with Crippen LogP contribution >= 0.6 is 24.0 Å². The Balaban J connectivity index is 2.38. The second-order valence-corrected chi connectivity index (χ2v) is 7.54. The number of non-ortho nitro benzene ring substituents is 1. The minimum atomic E-state index is -0.386. The highest BCUT2D eigenvalue weighted by atomic mass is 32.2. The van der Waals surface area contributed by atoms with E-state index in [1.165, 1.54) is 17.8 Å². The number of rotatable bonds is 7. The smallest absolute Gasteiger partial charge is 0.270 e. The predicted octanol–water partition coefficient (Wildman–Crippen LogP) is 3.87. The molecule has 1 aliphatic rings. The summed E-state index contributed by atoms with van der Waals surface area (Å²) in [7, 11) is 1.71. The van der Waals surface area contributed by atoms with Gasteiger partial charge in [0.1, 0.15) is 5.70 Å². The molecule has 26 heavy (non-hydrogen) atoms. The van der Waals surface area contributed by atoms with Crippen molar-refractivity contribution in [2.24, 2.45) is 10.9 Å². The van der Waals surface area contributed by atoms with Gasteiger partial charge < -0.3 is 10.1 Å². The van der Waals surface area contributed by atoms with E-state index in [1.54, 1.807) is 19.2 Å². The van der Waals surface area contributed by atoms with Gasteiger partial charge in [-0.1, -0.05) is 19.9 Å². The number of allylic oxidation sites excluding steroid dienone is 1. The third-order valence-corrected chi connectivity index (χ3v) is 5.60. The second-order valence-electron chi connectivity index (χ2n) is 6.11. The van der Waals surface area contributed by atoms with Crippen LogP contribution in [0.4, 0.5) is 5.69 Å². The fraction of sp³-hybridized carbons (Fsp3) is 0.412. The van der Waals surface area contributed by atoms with Crippen molar-refractivity contribution in [1.82, 2.24) is 5.32 Å². The first-order valence-corrected chi connectivity index (χ1v) is 9.49. The summed E-state index contributed by atoms with van der Waals surface area (Å²) < 4.78 is 6.06. The maximum atomic E-state index is 11.1. The van der Waals surface area contributed by atoms with Crippen LogP contribution in [0.3, 0.4) is 0 Å². The van der Waals surface area contributed by atoms with Crippen LogP contribution in [0.25, 0.3) is 0 Å². The zero-order valence-corrected chi connectivity index (χ0v) is 16.9. The Kier molecular flexibility index (Phi) is 6.74. The van der Waals surface area contributed by atoms with E-state index in [1.807, 2.05) is 12.4 Å². The Bertz CT molecular complexity index is 764. The molecule has 0 radical (unpaired) electrons. The Morgan fingerprint density at radius 2 is 2.23 bits per heavy atom. The number of ether oxygens (including phenoxy) is 1. The molecule has 0 fully saturated rings. The van der Waals surface area contributed by atoms with Gasteiger partial charge in [-0.25, -0.2) is 9.48 Å². The molecule has 140 valence electrons. The lowest BCUT2D eigenvalue weighted by atomic mass is 10.1. The molecule has 1 aliphatic heterocycles. The predicted molar refractivity (Wildman–Crippen MR) is 108 cm³/mol. The van der Waals surface area contributed by atoms with Gasteiger partial charge in [0.05, 0.1) is 11.5 Å². The number of hydrogen-bond acceptors (Lipinski definition) is 6. The minimum absolute atomic E-state index is 0.0721. The third kappa shape index (κ3) is 4.40. The van der Waals surface area contributed by atoms with Gasteiger partial charge in [0.15, 0.2) is 6.34 Å². The van der Waals surface area contributed by atoms with Gasteiger partial charge in [0, 0.05) is 30.0 Å². The van der Waals surface area contributed by atoms with E-state index in [0.717, 1.165) is 22.2 Å². The van der Waals surface area contributed by atoms with Crippen molar-refractivity contribution in [2.75, 3.05) is 20.3 Å². The average Bonchev–Trinajstić information content (AvgIpc) is 2.98. The number of nitrogens with one attached hydrogen (secondary N) is 1. The standard InChI is InChI=1S/C17H22N4O3S2/c1-5-21(11-24-17(25)18-4)10-19-15(12(2)3)16(21)26-14-8-6-7-13(9-14)20(22)23/h6-10,12H,5,11H2,1-4H3/p+1. The van der Waals surface area contributed by atoms with Crippen LogP contribution in [0, 0.1) is 16.0 Å². The highest BCUT2D eigenvalue weighted by Gasteiger charge is 2.40. The lowest BCUT2D eigenvalue weighted by Gasteiger charge is -2.30. The van der Waals surface area contributed by atoms with E-state index in [-0.39, 0.29) is 16.5 Å². The Morgan fingerprint density at radius 1 is 1.50 bits per heavy atom. The van der Waals surface area contributed by atoms with Crippen LogP contribution in [0.1, 0.15) is 20.8 Å². The fourth-order valence-electron chi connectivity index (χ4n) is 2.47. The normalized spacial score (nSPS) is 19.1. The Hall–Kier alpha value is -1.97. The van der Waals surface area contributed by atoms with Crippen LogP contribution in [-0.2, 0) is 4.74 Å². The zero-order chi connectivity index (χ0) is 19.3. The summed E-state index contributed by atoms with van der Waals surface area (Å²) in [5, 5.41) is 15.2. The molecule has 1 atom stereocenters. The molecule has 0 spiro atoms. The average molecular weight is 396 g/mol. The molecule has 1 aromatic carbocycles. The summed E-state index contributed by atoms with van der Waals surface area (Å²) in [6, 6.07) is 6.63. The molecule has 1 heterocycles. The molecule has 9 heteroatoms. The SMILES string of the molecule is CC[N+]1(COC(=S)NC)C=NC(C(C)C)=C1Sc1cccc([N+](=O)[O-])c1. The number of thiocarbonyl (C=S) groups is 1. The highest BCUT2D eigenvalue weighted by molar-refractivity contribution is 8.02. The van der Waals surface area contributed by atoms with Crippen LogP contribution in [0.15, 0.2) is 44.9 Å². The van der Waals surface area contributed by atoms with Crippen LogP contribution in [0.5, 0.6) is 0 Å². The third-order valence-electron chi connectivity index (χ3n) is 4.03. The lowest BCUT2D eigenvalue weighted by molar-refractivity contribution is -0.803. The van der Waals surface area contributed by atoms with E-state index in [9.17, 15) is 10.1 Å². The summed E-state index contributed by atoms with van der Waals surface area (Å²) in [5.41, 5.74) is 1.03. The van der Waals surface area contributed by atoms with Crippen molar-refractivity contribution < 1.29 is 14.1 Å². The van der Waals surface area contributed by atoms with E-state index >= 15 is 0 Å². The first kappa shape index (κ1) is 20.3. The molecule has 7 nitrogen and oxygen atoms in total. The molecular formula is C17H23N4O3S2+. The van der Waals surface area contributed by atoms with Crippen molar-refractivity contribution in [1.29, 1.82) is 0 Å². The number of hydrogen-bond donors (Lipinski definition) is 1. The van der Waals surface area contributed by atoms with Crippen molar-refractivity contribution in [2.45, 2.75) is 25.7 Å². The first-order chi connectivity index (χ1) is 12.3. The molecule has 0 aliphatic carbocycles. The number of nitro benzene ring substituents is 1. The summed E-state index contributed by atoms with van der Waals surface area (Å²) in [4.78, 5) is 16.1. The van der Waals surface area contributed by atoms with Gasteiger partial charge in [-0.05, 0) is 37.0 Å². The van der Waals surface area contributed by atoms with Crippen molar-refractivity contribution in [3.63, 3.8) is 0 Å². The van der Waals surface area contributed by atoms with E-state index in [4.69, 9.17) is 17.0 Å². The van der Waals surface area contributed by atoms with E-state index in [2.05, 4.69) is 31.1 Å². The highest BCUT2D eigenvalue weighted by Crippen LogP contribution is 2.42. The van der Waals surface area contributed by atoms with Gasteiger partial charge in [-0.2, -0.15) is 0 Å². The number of nitrogens with zero attached hydrogens (tertiary/aromatic N) is 3. The molecule has 1 aromatic rings. The minimum Gasteiger partial charge on any atom is -0.419 e. The number of quaternary nitrogens is 1. The molecular weight excluding hydrogens is 372 g/mol. The molecule has 2 rings (SSSR count). The van der Waals surface area contributed by atoms with E-state index in [0.29, 0.717) is 16.4 Å². The first-order valence-electron chi connectivity index (χ1n) is 8.26. The molecule has 0 aromatic heterocycles. The zero-order valence-electron chi connectivity index (χ0n) is 15.3. The second kappa shape index (κ2) is 8.61. The largest absolute Gasteiger partial charge is 0.419 e. The van der Waals surface area contributed by atoms with E-state index < -0.39 is 0 Å². The molecule has 0 saturated heterocycles. The Morgan fingerprint density at radius 3 is 2.81 bits per heavy atom. The van der Waals surface area contributed by atoms with Gasteiger partial charge in [0.2, 0.25) is 11.8 Å². The Labute approximate surface area is 162 Å². The lowest BCUT2D eigenvalue weighted by Crippen LogP contribution is -2.46. The van der Waals surface area contributed by atoms with Gasteiger partial charge >= 0.3 is 0 Å². The fourth-order valence-corrected chi connectivity index (χ4v) is 3.88. The number of nitro groups is 1. The number of aliphatic imine (C=N–C) groups is 1. The molecule has 1 N–H and O–H groups in total.